The molecule has 13 heavy (non-hydrogen) atoms. The molecule has 1 heterocycles. The van der Waals surface area contributed by atoms with Crippen molar-refractivity contribution in [2.75, 3.05) is 5.32 Å². The number of carbonyl (C=O) groups excluding carboxylic acids is 1. The fourth-order valence-corrected chi connectivity index (χ4v) is 1.83. The van der Waals surface area contributed by atoms with Crippen LogP contribution < -0.4 is 5.32 Å². The highest BCUT2D eigenvalue weighted by atomic mass is 35.5. The smallest absolute Gasteiger partial charge is 0.191 e. The average Bonchev–Trinajstić information content (AvgIpc) is 2.24. The summed E-state index contributed by atoms with van der Waals surface area (Å²) < 4.78 is 0. The van der Waals surface area contributed by atoms with Crippen LogP contribution in [0.15, 0.2) is 18.2 Å². The van der Waals surface area contributed by atoms with Gasteiger partial charge in [-0.25, -0.2) is 0 Å². The summed E-state index contributed by atoms with van der Waals surface area (Å²) >= 11 is 5.93. The lowest BCUT2D eigenvalue weighted by Gasteiger charge is -2.15. The van der Waals surface area contributed by atoms with Gasteiger partial charge in [0.25, 0.3) is 0 Å². The first-order valence-electron chi connectivity index (χ1n) is 4.14. The molecule has 1 aromatic carbocycles. The van der Waals surface area contributed by atoms with Crippen molar-refractivity contribution in [1.82, 2.24) is 0 Å². The van der Waals surface area contributed by atoms with Gasteiger partial charge in [-0.05, 0) is 26.0 Å². The van der Waals surface area contributed by atoms with Crippen LogP contribution in [-0.4, -0.2) is 11.3 Å². The van der Waals surface area contributed by atoms with Crippen LogP contribution in [0.3, 0.4) is 0 Å². The summed E-state index contributed by atoms with van der Waals surface area (Å²) in [6, 6.07) is 5.44. The number of benzene rings is 1. The summed E-state index contributed by atoms with van der Waals surface area (Å²) in [6.07, 6.45) is 0. The molecule has 2 rings (SSSR count). The molecule has 2 nitrogen and oxygen atoms in total. The fourth-order valence-electron chi connectivity index (χ4n) is 1.57. The van der Waals surface area contributed by atoms with Gasteiger partial charge in [0.1, 0.15) is 0 Å². The molecule has 1 N–H and O–H groups in total. The number of nitrogens with one attached hydrogen (secondary N) is 1. The van der Waals surface area contributed by atoms with Gasteiger partial charge in [0.05, 0.1) is 16.1 Å². The maximum absolute atomic E-state index is 11.8. The molecule has 0 radical (unpaired) electrons. The molecule has 0 bridgehead atoms. The van der Waals surface area contributed by atoms with Crippen LogP contribution in [0, 0.1) is 0 Å². The molecular formula is C10H10ClNO. The molecule has 0 fully saturated rings. The molecule has 0 spiro atoms. The van der Waals surface area contributed by atoms with Crippen LogP contribution in [0.4, 0.5) is 5.69 Å². The molecule has 3 heteroatoms. The Hall–Kier alpha value is -1.02. The van der Waals surface area contributed by atoms with E-state index in [0.29, 0.717) is 10.6 Å². The molecule has 0 saturated carbocycles. The number of fused-ring (bicyclic) bond motifs is 1. The number of hydrogen-bond acceptors (Lipinski definition) is 2. The van der Waals surface area contributed by atoms with E-state index in [1.165, 1.54) is 0 Å². The van der Waals surface area contributed by atoms with Crippen molar-refractivity contribution in [2.24, 2.45) is 0 Å². The summed E-state index contributed by atoms with van der Waals surface area (Å²) in [5, 5.41) is 3.66. The van der Waals surface area contributed by atoms with Crippen LogP contribution in [0.2, 0.25) is 5.02 Å². The summed E-state index contributed by atoms with van der Waals surface area (Å²) in [5.74, 6) is 0.0631. The first kappa shape index (κ1) is 8.57. The fraction of sp³-hybridized carbons (Fsp3) is 0.300. The molecule has 0 aliphatic carbocycles. The van der Waals surface area contributed by atoms with Crippen molar-refractivity contribution in [3.8, 4) is 0 Å². The molecule has 0 unspecified atom stereocenters. The predicted octanol–water partition coefficient (Wildman–Crippen LogP) is 2.73. The number of anilines is 1. The summed E-state index contributed by atoms with van der Waals surface area (Å²) in [4.78, 5) is 11.8. The number of Topliss-reactive ketones (excluding diaryl/α,β-unsaturated/α-hetero) is 1. The van der Waals surface area contributed by atoms with Crippen molar-refractivity contribution in [3.05, 3.63) is 28.8 Å². The van der Waals surface area contributed by atoms with E-state index in [1.807, 2.05) is 26.0 Å². The molecule has 0 aromatic heterocycles. The molecule has 0 atom stereocenters. The van der Waals surface area contributed by atoms with Gasteiger partial charge in [0.2, 0.25) is 0 Å². The molecular weight excluding hydrogens is 186 g/mol. The second kappa shape index (κ2) is 2.48. The molecule has 1 aliphatic heterocycles. The minimum Gasteiger partial charge on any atom is -0.372 e. The standard InChI is InChI=1S/C10H10ClNO/c1-10(2)9(13)8-6(11)4-3-5-7(8)12-10/h3-5,12H,1-2H3. The van der Waals surface area contributed by atoms with E-state index in [9.17, 15) is 4.79 Å². The lowest BCUT2D eigenvalue weighted by atomic mass is 9.99. The van der Waals surface area contributed by atoms with Gasteiger partial charge in [-0.2, -0.15) is 0 Å². The summed E-state index contributed by atoms with van der Waals surface area (Å²) in [6.45, 7) is 3.71. The third kappa shape index (κ3) is 1.13. The maximum atomic E-state index is 11.8. The van der Waals surface area contributed by atoms with Gasteiger partial charge in [0.15, 0.2) is 5.78 Å². The number of halogens is 1. The van der Waals surface area contributed by atoms with Gasteiger partial charge in [0, 0.05) is 5.69 Å². The zero-order chi connectivity index (χ0) is 9.64. The summed E-state index contributed by atoms with van der Waals surface area (Å²) in [5.41, 5.74) is 0.935. The Labute approximate surface area is 81.9 Å². The van der Waals surface area contributed by atoms with Crippen LogP contribution in [-0.2, 0) is 0 Å². The normalized spacial score (nSPS) is 18.2. The lowest BCUT2D eigenvalue weighted by molar-refractivity contribution is 0.0940. The zero-order valence-electron chi connectivity index (χ0n) is 7.52. The Balaban J connectivity index is 2.64. The van der Waals surface area contributed by atoms with Crippen LogP contribution in [0.5, 0.6) is 0 Å². The Kier molecular flexibility index (Phi) is 1.64. The average molecular weight is 196 g/mol. The van der Waals surface area contributed by atoms with E-state index in [1.54, 1.807) is 6.07 Å². The van der Waals surface area contributed by atoms with Gasteiger partial charge in [-0.1, -0.05) is 17.7 Å². The SMILES string of the molecule is CC1(C)Nc2cccc(Cl)c2C1=O. The van der Waals surface area contributed by atoms with Gasteiger partial charge < -0.3 is 5.32 Å². The van der Waals surface area contributed by atoms with Crippen LogP contribution in [0.1, 0.15) is 24.2 Å². The third-order valence-corrected chi connectivity index (χ3v) is 2.57. The minimum atomic E-state index is -0.521. The molecule has 68 valence electrons. The highest BCUT2D eigenvalue weighted by Crippen LogP contribution is 2.36. The number of ketones is 1. The van der Waals surface area contributed by atoms with Crippen LogP contribution >= 0.6 is 11.6 Å². The van der Waals surface area contributed by atoms with Crippen molar-refractivity contribution in [2.45, 2.75) is 19.4 Å². The topological polar surface area (TPSA) is 29.1 Å². The second-order valence-electron chi connectivity index (χ2n) is 3.74. The van der Waals surface area contributed by atoms with Gasteiger partial charge >= 0.3 is 0 Å². The van der Waals surface area contributed by atoms with E-state index in [4.69, 9.17) is 11.6 Å². The third-order valence-electron chi connectivity index (χ3n) is 2.26. The molecule has 0 saturated heterocycles. The van der Waals surface area contributed by atoms with Crippen molar-refractivity contribution in [3.63, 3.8) is 0 Å². The highest BCUT2D eigenvalue weighted by Gasteiger charge is 2.38. The predicted molar refractivity (Wildman–Crippen MR) is 53.5 cm³/mol. The molecule has 1 aromatic rings. The van der Waals surface area contributed by atoms with Crippen molar-refractivity contribution < 1.29 is 4.79 Å². The molecule has 1 aliphatic rings. The van der Waals surface area contributed by atoms with E-state index in [-0.39, 0.29) is 5.78 Å². The largest absolute Gasteiger partial charge is 0.372 e. The van der Waals surface area contributed by atoms with E-state index in [0.717, 1.165) is 5.69 Å². The quantitative estimate of drug-likeness (QED) is 0.690. The number of carbonyl (C=O) groups is 1. The van der Waals surface area contributed by atoms with E-state index >= 15 is 0 Å². The Morgan fingerprint density at radius 1 is 1.38 bits per heavy atom. The van der Waals surface area contributed by atoms with Crippen molar-refractivity contribution in [1.29, 1.82) is 0 Å². The Morgan fingerprint density at radius 2 is 2.08 bits per heavy atom. The van der Waals surface area contributed by atoms with Gasteiger partial charge in [-0.15, -0.1) is 0 Å². The summed E-state index contributed by atoms with van der Waals surface area (Å²) in [7, 11) is 0. The Bertz CT molecular complexity index is 385. The first-order chi connectivity index (χ1) is 6.02. The Morgan fingerprint density at radius 3 is 2.69 bits per heavy atom. The van der Waals surface area contributed by atoms with Gasteiger partial charge in [-0.3, -0.25) is 4.79 Å². The number of rotatable bonds is 0. The number of hydrogen-bond donors (Lipinski definition) is 1. The minimum absolute atomic E-state index is 0.0631. The zero-order valence-corrected chi connectivity index (χ0v) is 8.27. The maximum Gasteiger partial charge on any atom is 0.191 e. The second-order valence-corrected chi connectivity index (χ2v) is 4.15. The van der Waals surface area contributed by atoms with E-state index < -0.39 is 5.54 Å². The highest BCUT2D eigenvalue weighted by molar-refractivity contribution is 6.36. The first-order valence-corrected chi connectivity index (χ1v) is 4.52. The van der Waals surface area contributed by atoms with Crippen LogP contribution in [0.25, 0.3) is 0 Å². The monoisotopic (exact) mass is 195 g/mol. The van der Waals surface area contributed by atoms with Crippen molar-refractivity contribution >= 4 is 23.1 Å². The lowest BCUT2D eigenvalue weighted by Crippen LogP contribution is -2.33. The molecule has 0 amide bonds. The van der Waals surface area contributed by atoms with E-state index in [2.05, 4.69) is 5.32 Å².